The number of benzene rings is 1. The summed E-state index contributed by atoms with van der Waals surface area (Å²) in [5.41, 5.74) is 1.88. The molecule has 1 aliphatic rings. The van der Waals surface area contributed by atoms with E-state index < -0.39 is 0 Å². The van der Waals surface area contributed by atoms with Gasteiger partial charge in [-0.3, -0.25) is 9.59 Å². The largest absolute Gasteiger partial charge is 0.359 e. The number of amides is 1. The summed E-state index contributed by atoms with van der Waals surface area (Å²) < 4.78 is 0. The molecule has 0 bridgehead atoms. The second kappa shape index (κ2) is 8.44. The van der Waals surface area contributed by atoms with Crippen molar-refractivity contribution in [2.75, 3.05) is 18.4 Å². The number of aromatic amines is 1. The first-order valence-electron chi connectivity index (χ1n) is 10.2. The number of aromatic nitrogens is 2. The van der Waals surface area contributed by atoms with Crippen molar-refractivity contribution >= 4 is 22.4 Å². The molecule has 4 rings (SSSR count). The molecule has 1 saturated heterocycles. The Bertz CT molecular complexity index is 1070. The number of pyridine rings is 1. The van der Waals surface area contributed by atoms with Gasteiger partial charge in [-0.25, -0.2) is 4.98 Å². The van der Waals surface area contributed by atoms with E-state index in [-0.39, 0.29) is 22.4 Å². The molecule has 156 valence electrons. The summed E-state index contributed by atoms with van der Waals surface area (Å²) >= 11 is 1.62. The maximum absolute atomic E-state index is 12.9. The van der Waals surface area contributed by atoms with Crippen LogP contribution in [0.25, 0.3) is 0 Å². The Morgan fingerprint density at radius 2 is 1.90 bits per heavy atom. The summed E-state index contributed by atoms with van der Waals surface area (Å²) in [5, 5.41) is 6.45. The molecule has 0 radical (unpaired) electrons. The average molecular weight is 423 g/mol. The molecule has 6 nitrogen and oxygen atoms in total. The lowest BCUT2D eigenvalue weighted by atomic mass is 9.70. The van der Waals surface area contributed by atoms with Gasteiger partial charge in [0.25, 0.3) is 11.5 Å². The zero-order valence-electron chi connectivity index (χ0n) is 17.2. The summed E-state index contributed by atoms with van der Waals surface area (Å²) in [6, 6.07) is 14.0. The first-order valence-corrected chi connectivity index (χ1v) is 11.1. The molecule has 30 heavy (non-hydrogen) atoms. The van der Waals surface area contributed by atoms with E-state index in [1.54, 1.807) is 34.6 Å². The lowest BCUT2D eigenvalue weighted by Gasteiger charge is -2.41. The monoisotopic (exact) mass is 422 g/mol. The van der Waals surface area contributed by atoms with Crippen molar-refractivity contribution in [2.24, 2.45) is 0 Å². The molecular formula is C23H26N4O2S. The summed E-state index contributed by atoms with van der Waals surface area (Å²) in [6.07, 6.45) is 3.07. The molecule has 2 N–H and O–H groups in total. The highest BCUT2D eigenvalue weighted by Gasteiger charge is 2.41. The number of carbonyl (C=O) groups excluding carboxylic acids is 1. The Kier molecular flexibility index (Phi) is 5.72. The zero-order chi connectivity index (χ0) is 21.1. The average Bonchev–Trinajstić information content (AvgIpc) is 3.22. The van der Waals surface area contributed by atoms with E-state index in [2.05, 4.69) is 53.8 Å². The van der Waals surface area contributed by atoms with E-state index >= 15 is 0 Å². The van der Waals surface area contributed by atoms with Crippen LogP contribution in [0.2, 0.25) is 0 Å². The topological polar surface area (TPSA) is 78.1 Å². The molecule has 0 saturated carbocycles. The lowest BCUT2D eigenvalue weighted by Crippen LogP contribution is -2.46. The highest BCUT2D eigenvalue weighted by atomic mass is 32.1. The van der Waals surface area contributed by atoms with Gasteiger partial charge in [-0.05, 0) is 44.4 Å². The number of anilines is 1. The number of nitrogens with one attached hydrogen (secondary N) is 2. The highest BCUT2D eigenvalue weighted by Crippen LogP contribution is 2.42. The van der Waals surface area contributed by atoms with Crippen molar-refractivity contribution in [3.63, 3.8) is 0 Å². The number of carbonyl (C=O) groups is 1. The van der Waals surface area contributed by atoms with Crippen molar-refractivity contribution in [2.45, 2.75) is 38.1 Å². The molecule has 0 aliphatic carbocycles. The minimum Gasteiger partial charge on any atom is -0.359 e. The minimum atomic E-state index is -0.341. The summed E-state index contributed by atoms with van der Waals surface area (Å²) in [5.74, 6) is -0.209. The van der Waals surface area contributed by atoms with Gasteiger partial charge in [0, 0.05) is 36.1 Å². The second-order valence-electron chi connectivity index (χ2n) is 7.99. The van der Waals surface area contributed by atoms with E-state index in [0.717, 1.165) is 23.7 Å². The van der Waals surface area contributed by atoms with Crippen LogP contribution in [0.1, 0.15) is 48.3 Å². The zero-order valence-corrected chi connectivity index (χ0v) is 18.0. The minimum absolute atomic E-state index is 0.196. The summed E-state index contributed by atoms with van der Waals surface area (Å²) in [7, 11) is 0. The number of H-pyrrole nitrogens is 1. The number of hydrogen-bond acceptors (Lipinski definition) is 5. The number of hydrogen-bond donors (Lipinski definition) is 2. The van der Waals surface area contributed by atoms with Crippen molar-refractivity contribution < 1.29 is 4.79 Å². The normalized spacial score (nSPS) is 15.9. The molecule has 0 atom stereocenters. The van der Waals surface area contributed by atoms with Gasteiger partial charge in [0.2, 0.25) is 0 Å². The molecule has 0 unspecified atom stereocenters. The van der Waals surface area contributed by atoms with Gasteiger partial charge < -0.3 is 15.2 Å². The Balaban J connectivity index is 1.62. The van der Waals surface area contributed by atoms with Gasteiger partial charge in [0.1, 0.15) is 5.56 Å². The predicted molar refractivity (Wildman–Crippen MR) is 120 cm³/mol. The summed E-state index contributed by atoms with van der Waals surface area (Å²) in [4.78, 5) is 34.2. The van der Waals surface area contributed by atoms with Gasteiger partial charge in [-0.2, -0.15) is 0 Å². The highest BCUT2D eigenvalue weighted by molar-refractivity contribution is 7.13. The Morgan fingerprint density at radius 1 is 1.17 bits per heavy atom. The third kappa shape index (κ3) is 3.89. The molecule has 3 heterocycles. The van der Waals surface area contributed by atoms with E-state index in [1.807, 2.05) is 6.07 Å². The van der Waals surface area contributed by atoms with Crippen LogP contribution in [0.5, 0.6) is 0 Å². The smallest absolute Gasteiger partial charge is 0.260 e. The predicted octanol–water partition coefficient (Wildman–Crippen LogP) is 3.87. The Morgan fingerprint density at radius 3 is 2.57 bits per heavy atom. The van der Waals surface area contributed by atoms with E-state index in [1.165, 1.54) is 5.56 Å². The second-order valence-corrected chi connectivity index (χ2v) is 8.85. The maximum atomic E-state index is 12.9. The van der Waals surface area contributed by atoms with Crippen LogP contribution >= 0.6 is 11.3 Å². The third-order valence-corrected chi connectivity index (χ3v) is 6.46. The number of rotatable bonds is 5. The SMILES string of the molecule is CC(C)Nc1nc(C2(c3ccccc3)CCN(C(=O)c3ccc[nH]c3=O)CC2)cs1. The standard InChI is InChI=1S/C23H26N4O2S/c1-16(2)25-22-26-19(15-30-22)23(17-7-4-3-5-8-17)10-13-27(14-11-23)21(29)18-9-6-12-24-20(18)28/h3-9,12,15-16H,10-11,13-14H2,1-2H3,(H,24,28)(H,25,26). The number of thiazole rings is 1. The van der Waals surface area contributed by atoms with Crippen LogP contribution in [0.3, 0.4) is 0 Å². The molecular weight excluding hydrogens is 396 g/mol. The Hall–Kier alpha value is -2.93. The molecule has 1 aromatic carbocycles. The number of nitrogens with zero attached hydrogens (tertiary/aromatic N) is 2. The van der Waals surface area contributed by atoms with E-state index in [0.29, 0.717) is 19.1 Å². The van der Waals surface area contributed by atoms with Crippen LogP contribution in [-0.2, 0) is 5.41 Å². The molecule has 0 spiro atoms. The van der Waals surface area contributed by atoms with E-state index in [9.17, 15) is 9.59 Å². The van der Waals surface area contributed by atoms with Gasteiger partial charge >= 0.3 is 0 Å². The van der Waals surface area contributed by atoms with E-state index in [4.69, 9.17) is 4.98 Å². The Labute approximate surface area is 180 Å². The first-order chi connectivity index (χ1) is 14.5. The maximum Gasteiger partial charge on any atom is 0.260 e. The number of piperidine rings is 1. The molecule has 1 fully saturated rings. The first kappa shape index (κ1) is 20.3. The van der Waals surface area contributed by atoms with Crippen LogP contribution in [-0.4, -0.2) is 39.9 Å². The molecule has 2 aromatic heterocycles. The molecule has 1 amide bonds. The van der Waals surface area contributed by atoms with Crippen LogP contribution < -0.4 is 10.9 Å². The fourth-order valence-corrected chi connectivity index (χ4v) is 5.06. The lowest BCUT2D eigenvalue weighted by molar-refractivity contribution is 0.0682. The van der Waals surface area contributed by atoms with Gasteiger partial charge in [-0.15, -0.1) is 11.3 Å². The van der Waals surface area contributed by atoms with Gasteiger partial charge in [-0.1, -0.05) is 30.3 Å². The van der Waals surface area contributed by atoms with Crippen LogP contribution in [0, 0.1) is 0 Å². The third-order valence-electron chi connectivity index (χ3n) is 5.69. The fourth-order valence-electron chi connectivity index (χ4n) is 4.11. The van der Waals surface area contributed by atoms with Crippen LogP contribution in [0.15, 0.2) is 58.8 Å². The molecule has 1 aliphatic heterocycles. The van der Waals surface area contributed by atoms with Gasteiger partial charge in [0.05, 0.1) is 5.69 Å². The quantitative estimate of drug-likeness (QED) is 0.654. The van der Waals surface area contributed by atoms with Crippen LogP contribution in [0.4, 0.5) is 5.13 Å². The van der Waals surface area contributed by atoms with Crippen molar-refractivity contribution in [3.8, 4) is 0 Å². The number of likely N-dealkylation sites (tertiary alicyclic amines) is 1. The van der Waals surface area contributed by atoms with Crippen molar-refractivity contribution in [1.29, 1.82) is 0 Å². The van der Waals surface area contributed by atoms with Gasteiger partial charge in [0.15, 0.2) is 5.13 Å². The molecule has 7 heteroatoms. The summed E-state index contributed by atoms with van der Waals surface area (Å²) in [6.45, 7) is 5.35. The van der Waals surface area contributed by atoms with Crippen molar-refractivity contribution in [3.05, 3.63) is 81.2 Å². The molecule has 3 aromatic rings. The fraction of sp³-hybridized carbons (Fsp3) is 0.348. The van der Waals surface area contributed by atoms with Crippen molar-refractivity contribution in [1.82, 2.24) is 14.9 Å².